The Labute approximate surface area is 139 Å². The van der Waals surface area contributed by atoms with E-state index < -0.39 is 0 Å². The van der Waals surface area contributed by atoms with Gasteiger partial charge in [0, 0.05) is 28.4 Å². The first kappa shape index (κ1) is 16.6. The molecule has 0 spiro atoms. The number of aromatic nitrogens is 1. The molecule has 0 radical (unpaired) electrons. The molecule has 0 amide bonds. The van der Waals surface area contributed by atoms with Crippen LogP contribution in [0.2, 0.25) is 10.0 Å². The summed E-state index contributed by atoms with van der Waals surface area (Å²) >= 11 is 13.9. The Morgan fingerprint density at radius 3 is 2.71 bits per heavy atom. The number of thiazole rings is 1. The van der Waals surface area contributed by atoms with Gasteiger partial charge in [-0.2, -0.15) is 0 Å². The van der Waals surface area contributed by atoms with Crippen molar-refractivity contribution in [3.05, 3.63) is 43.8 Å². The topological polar surface area (TPSA) is 34.1 Å². The maximum atomic E-state index is 6.24. The van der Waals surface area contributed by atoms with E-state index in [4.69, 9.17) is 27.9 Å². The largest absolute Gasteiger partial charge is 0.485 e. The molecule has 0 saturated carbocycles. The van der Waals surface area contributed by atoms with E-state index in [1.807, 2.05) is 18.5 Å². The van der Waals surface area contributed by atoms with Crippen LogP contribution in [0.15, 0.2) is 17.5 Å². The number of benzene rings is 1. The molecule has 1 aromatic carbocycles. The van der Waals surface area contributed by atoms with Gasteiger partial charge in [0.15, 0.2) is 0 Å². The summed E-state index contributed by atoms with van der Waals surface area (Å²) in [7, 11) is 1.87. The Kier molecular flexibility index (Phi) is 5.88. The molecule has 21 heavy (non-hydrogen) atoms. The van der Waals surface area contributed by atoms with Gasteiger partial charge in [-0.25, -0.2) is 4.98 Å². The van der Waals surface area contributed by atoms with E-state index in [0.717, 1.165) is 16.3 Å². The highest BCUT2D eigenvalue weighted by Crippen LogP contribution is 2.33. The molecule has 0 unspecified atom stereocenters. The lowest BCUT2D eigenvalue weighted by molar-refractivity contribution is 0.298. The summed E-state index contributed by atoms with van der Waals surface area (Å²) in [6.45, 7) is 5.31. The highest BCUT2D eigenvalue weighted by molar-refractivity contribution is 7.09. The number of ether oxygens (including phenoxy) is 1. The molecule has 0 aliphatic carbocycles. The molecule has 3 nitrogen and oxygen atoms in total. The molecular formula is C15H18Cl2N2OS. The van der Waals surface area contributed by atoms with Crippen molar-refractivity contribution in [2.75, 3.05) is 7.05 Å². The standard InChI is InChI=1S/C15H18Cl2N2OS/c1-9(2)15-19-12(8-21-15)7-20-14-10(6-18-3)4-11(16)5-13(14)17/h4-5,8-9,18H,6-7H2,1-3H3. The third kappa shape index (κ3) is 4.33. The van der Waals surface area contributed by atoms with Crippen LogP contribution in [-0.4, -0.2) is 12.0 Å². The second-order valence-electron chi connectivity index (χ2n) is 5.03. The van der Waals surface area contributed by atoms with E-state index in [-0.39, 0.29) is 0 Å². The number of nitrogens with one attached hydrogen (secondary N) is 1. The molecule has 0 atom stereocenters. The summed E-state index contributed by atoms with van der Waals surface area (Å²) in [5, 5.41) is 7.35. The second-order valence-corrected chi connectivity index (χ2v) is 6.76. The third-order valence-electron chi connectivity index (χ3n) is 2.88. The molecule has 0 aliphatic rings. The van der Waals surface area contributed by atoms with Crippen LogP contribution < -0.4 is 10.1 Å². The first-order valence-electron chi connectivity index (χ1n) is 6.71. The molecule has 1 N–H and O–H groups in total. The van der Waals surface area contributed by atoms with Gasteiger partial charge >= 0.3 is 0 Å². The number of rotatable bonds is 6. The quantitative estimate of drug-likeness (QED) is 0.811. The summed E-state index contributed by atoms with van der Waals surface area (Å²) in [5.74, 6) is 1.09. The van der Waals surface area contributed by atoms with Gasteiger partial charge in [-0.05, 0) is 19.2 Å². The minimum Gasteiger partial charge on any atom is -0.485 e. The van der Waals surface area contributed by atoms with E-state index in [1.54, 1.807) is 17.4 Å². The van der Waals surface area contributed by atoms with Gasteiger partial charge in [-0.3, -0.25) is 0 Å². The molecule has 1 aromatic heterocycles. The van der Waals surface area contributed by atoms with Crippen molar-refractivity contribution < 1.29 is 4.74 Å². The van der Waals surface area contributed by atoms with E-state index in [1.165, 1.54) is 0 Å². The van der Waals surface area contributed by atoms with Crippen LogP contribution in [0.3, 0.4) is 0 Å². The fourth-order valence-electron chi connectivity index (χ4n) is 1.90. The molecule has 2 aromatic rings. The van der Waals surface area contributed by atoms with E-state index in [0.29, 0.717) is 34.9 Å². The number of hydrogen-bond acceptors (Lipinski definition) is 4. The van der Waals surface area contributed by atoms with Crippen LogP contribution in [0, 0.1) is 0 Å². The SMILES string of the molecule is CNCc1cc(Cl)cc(Cl)c1OCc1csc(C(C)C)n1. The highest BCUT2D eigenvalue weighted by atomic mass is 35.5. The summed E-state index contributed by atoms with van der Waals surface area (Å²) < 4.78 is 5.87. The van der Waals surface area contributed by atoms with Crippen LogP contribution in [0.4, 0.5) is 0 Å². The zero-order valence-electron chi connectivity index (χ0n) is 12.2. The lowest BCUT2D eigenvalue weighted by atomic mass is 10.2. The van der Waals surface area contributed by atoms with Gasteiger partial charge in [-0.1, -0.05) is 37.0 Å². The van der Waals surface area contributed by atoms with Crippen LogP contribution in [0.5, 0.6) is 5.75 Å². The molecule has 0 aliphatic heterocycles. The van der Waals surface area contributed by atoms with Crippen molar-refractivity contribution in [3.63, 3.8) is 0 Å². The molecule has 0 bridgehead atoms. The van der Waals surface area contributed by atoms with Gasteiger partial charge < -0.3 is 10.1 Å². The predicted octanol–water partition coefficient (Wildman–Crippen LogP) is 4.87. The smallest absolute Gasteiger partial charge is 0.143 e. The molecule has 1 heterocycles. The number of nitrogens with zero attached hydrogens (tertiary/aromatic N) is 1. The summed E-state index contributed by atoms with van der Waals surface area (Å²) in [4.78, 5) is 4.56. The van der Waals surface area contributed by atoms with Crippen LogP contribution in [0.1, 0.15) is 36.0 Å². The number of halogens is 2. The summed E-state index contributed by atoms with van der Waals surface area (Å²) in [6.07, 6.45) is 0. The second kappa shape index (κ2) is 7.45. The molecule has 2 rings (SSSR count). The van der Waals surface area contributed by atoms with Crippen LogP contribution in [0.25, 0.3) is 0 Å². The van der Waals surface area contributed by atoms with Gasteiger partial charge in [0.2, 0.25) is 0 Å². The van der Waals surface area contributed by atoms with Crippen molar-refractivity contribution in [2.45, 2.75) is 32.9 Å². The first-order valence-corrected chi connectivity index (χ1v) is 8.34. The van der Waals surface area contributed by atoms with Gasteiger partial charge in [0.25, 0.3) is 0 Å². The Morgan fingerprint density at radius 2 is 2.10 bits per heavy atom. The van der Waals surface area contributed by atoms with Gasteiger partial charge in [-0.15, -0.1) is 11.3 Å². The van der Waals surface area contributed by atoms with Crippen molar-refractivity contribution in [2.24, 2.45) is 0 Å². The summed E-state index contributed by atoms with van der Waals surface area (Å²) in [5.41, 5.74) is 1.86. The molecule has 0 fully saturated rings. The van der Waals surface area contributed by atoms with Crippen LogP contribution >= 0.6 is 34.5 Å². The van der Waals surface area contributed by atoms with Gasteiger partial charge in [0.05, 0.1) is 15.7 Å². The molecular weight excluding hydrogens is 327 g/mol. The Balaban J connectivity index is 2.14. The minimum absolute atomic E-state index is 0.404. The fourth-order valence-corrected chi connectivity index (χ4v) is 3.31. The van der Waals surface area contributed by atoms with Gasteiger partial charge in [0.1, 0.15) is 12.4 Å². The maximum absolute atomic E-state index is 6.24. The fraction of sp³-hybridized carbons (Fsp3) is 0.400. The highest BCUT2D eigenvalue weighted by Gasteiger charge is 2.12. The lowest BCUT2D eigenvalue weighted by Crippen LogP contribution is -2.08. The van der Waals surface area contributed by atoms with Crippen molar-refractivity contribution in [1.29, 1.82) is 0 Å². The Hall–Kier alpha value is -0.810. The average Bonchev–Trinajstić information content (AvgIpc) is 2.87. The average molecular weight is 345 g/mol. The lowest BCUT2D eigenvalue weighted by Gasteiger charge is -2.13. The van der Waals surface area contributed by atoms with Crippen molar-refractivity contribution in [3.8, 4) is 5.75 Å². The summed E-state index contributed by atoms with van der Waals surface area (Å²) in [6, 6.07) is 3.55. The van der Waals surface area contributed by atoms with Crippen molar-refractivity contribution in [1.82, 2.24) is 10.3 Å². The van der Waals surface area contributed by atoms with E-state index in [9.17, 15) is 0 Å². The Morgan fingerprint density at radius 1 is 1.33 bits per heavy atom. The zero-order chi connectivity index (χ0) is 15.4. The van der Waals surface area contributed by atoms with Crippen molar-refractivity contribution >= 4 is 34.5 Å². The van der Waals surface area contributed by atoms with Crippen LogP contribution in [-0.2, 0) is 13.2 Å². The maximum Gasteiger partial charge on any atom is 0.143 e. The van der Waals surface area contributed by atoms with E-state index >= 15 is 0 Å². The first-order chi connectivity index (χ1) is 10.0. The Bertz CT molecular complexity index is 614. The zero-order valence-corrected chi connectivity index (χ0v) is 14.6. The monoisotopic (exact) mass is 344 g/mol. The molecule has 6 heteroatoms. The minimum atomic E-state index is 0.404. The molecule has 114 valence electrons. The predicted molar refractivity (Wildman–Crippen MR) is 89.8 cm³/mol. The third-order valence-corrected chi connectivity index (χ3v) is 4.57. The molecule has 0 saturated heterocycles. The number of hydrogen-bond donors (Lipinski definition) is 1. The normalized spacial score (nSPS) is 11.1. The van der Waals surface area contributed by atoms with E-state index in [2.05, 4.69) is 24.1 Å².